The summed E-state index contributed by atoms with van der Waals surface area (Å²) in [6.45, 7) is 5.42. The summed E-state index contributed by atoms with van der Waals surface area (Å²) in [4.78, 5) is 28.9. The molecule has 0 aliphatic heterocycles. The Morgan fingerprint density at radius 3 is 0.840 bits per heavy atom. The molecule has 0 amide bonds. The molecule has 0 N–H and O–H groups in total. The van der Waals surface area contributed by atoms with Crippen molar-refractivity contribution in [2.45, 2.75) is 20.8 Å². The SMILES string of the molecule is C/C=C/C=C/C(=O)[O-].C/C=C/C=C/C(=O)[O-].C/C=C/C=C/C(=O)[O-].[Ga+3]. The average molecular weight is 403 g/mol. The van der Waals surface area contributed by atoms with Gasteiger partial charge in [-0.3, -0.25) is 0 Å². The molecule has 0 unspecified atom stereocenters. The number of hydrogen-bond donors (Lipinski definition) is 0. The van der Waals surface area contributed by atoms with Crippen molar-refractivity contribution >= 4 is 37.7 Å². The van der Waals surface area contributed by atoms with Gasteiger partial charge in [-0.25, -0.2) is 0 Å². The Bertz CT molecular complexity index is 450. The molecule has 0 bridgehead atoms. The minimum atomic E-state index is -1.16. The fourth-order valence-corrected chi connectivity index (χ4v) is 0.736. The Labute approximate surface area is 161 Å². The molecule has 0 aromatic carbocycles. The van der Waals surface area contributed by atoms with E-state index < -0.39 is 17.9 Å². The predicted octanol–water partition coefficient (Wildman–Crippen LogP) is -0.775. The Morgan fingerprint density at radius 2 is 0.720 bits per heavy atom. The molecule has 0 rings (SSSR count). The van der Waals surface area contributed by atoms with E-state index in [4.69, 9.17) is 0 Å². The Balaban J connectivity index is -0.000000130. The number of carboxylic acid groups (broad SMARTS) is 3. The van der Waals surface area contributed by atoms with Crippen molar-refractivity contribution in [2.24, 2.45) is 0 Å². The van der Waals surface area contributed by atoms with E-state index in [0.717, 1.165) is 18.2 Å². The molecule has 0 radical (unpaired) electrons. The van der Waals surface area contributed by atoms with Crippen molar-refractivity contribution in [3.63, 3.8) is 0 Å². The van der Waals surface area contributed by atoms with Gasteiger partial charge in [0.15, 0.2) is 0 Å². The number of carbonyl (C=O) groups is 3. The first kappa shape index (κ1) is 30.4. The molecular weight excluding hydrogens is 382 g/mol. The average Bonchev–Trinajstić information content (AvgIpc) is 2.48. The van der Waals surface area contributed by atoms with Crippen LogP contribution in [0.25, 0.3) is 0 Å². The zero-order valence-electron chi connectivity index (χ0n) is 14.5. The van der Waals surface area contributed by atoms with Gasteiger partial charge in [-0.15, -0.1) is 0 Å². The molecule has 0 heterocycles. The van der Waals surface area contributed by atoms with E-state index in [1.54, 1.807) is 57.2 Å². The molecule has 0 spiro atoms. The maximum Gasteiger partial charge on any atom is 3.00 e. The van der Waals surface area contributed by atoms with Gasteiger partial charge in [-0.2, -0.15) is 0 Å². The molecule has 6 nitrogen and oxygen atoms in total. The summed E-state index contributed by atoms with van der Waals surface area (Å²) in [6, 6.07) is 0. The third-order valence-corrected chi connectivity index (χ3v) is 1.61. The summed E-state index contributed by atoms with van der Waals surface area (Å²) in [6.07, 6.45) is 17.2. The summed E-state index contributed by atoms with van der Waals surface area (Å²) in [7, 11) is 0. The van der Waals surface area contributed by atoms with Crippen molar-refractivity contribution in [1.29, 1.82) is 0 Å². The second-order valence-corrected chi connectivity index (χ2v) is 3.61. The third kappa shape index (κ3) is 52.3. The van der Waals surface area contributed by atoms with Crippen molar-refractivity contribution in [1.82, 2.24) is 0 Å². The first-order valence-corrected chi connectivity index (χ1v) is 6.82. The van der Waals surface area contributed by atoms with Gasteiger partial charge >= 0.3 is 19.8 Å². The standard InChI is InChI=1S/3C6H8O2.Ga/c3*1-2-3-4-5-6(7)8;/h3*2-5H,1H3,(H,7,8);/q;;;+3/p-3/b3*3-2+,5-4+;. The number of rotatable bonds is 6. The number of carbonyl (C=O) groups excluding carboxylic acids is 3. The van der Waals surface area contributed by atoms with Crippen molar-refractivity contribution < 1.29 is 29.7 Å². The molecule has 132 valence electrons. The summed E-state index contributed by atoms with van der Waals surface area (Å²) in [5.74, 6) is -3.49. The maximum absolute atomic E-state index is 9.64. The van der Waals surface area contributed by atoms with E-state index in [9.17, 15) is 29.7 Å². The van der Waals surface area contributed by atoms with Gasteiger partial charge < -0.3 is 29.7 Å². The molecule has 0 aromatic rings. The van der Waals surface area contributed by atoms with Gasteiger partial charge in [0.1, 0.15) is 0 Å². The van der Waals surface area contributed by atoms with Crippen LogP contribution in [0.15, 0.2) is 72.9 Å². The van der Waals surface area contributed by atoms with Gasteiger partial charge in [0, 0.05) is 0 Å². The van der Waals surface area contributed by atoms with E-state index in [-0.39, 0.29) is 19.8 Å². The van der Waals surface area contributed by atoms with Gasteiger partial charge in [0.2, 0.25) is 0 Å². The summed E-state index contributed by atoms with van der Waals surface area (Å²) in [5.41, 5.74) is 0. The molecule has 0 atom stereocenters. The first-order chi connectivity index (χ1) is 11.3. The van der Waals surface area contributed by atoms with Crippen LogP contribution in [0.4, 0.5) is 0 Å². The molecule has 0 aliphatic carbocycles. The maximum atomic E-state index is 9.64. The second-order valence-electron chi connectivity index (χ2n) is 3.61. The number of hydrogen-bond acceptors (Lipinski definition) is 6. The van der Waals surface area contributed by atoms with E-state index >= 15 is 0 Å². The monoisotopic (exact) mass is 402 g/mol. The summed E-state index contributed by atoms with van der Waals surface area (Å²) in [5, 5.41) is 28.9. The van der Waals surface area contributed by atoms with Crippen LogP contribution >= 0.6 is 0 Å². The van der Waals surface area contributed by atoms with Gasteiger partial charge in [0.05, 0.1) is 17.9 Å². The minimum Gasteiger partial charge on any atom is -0.545 e. The van der Waals surface area contributed by atoms with Crippen LogP contribution in [0.5, 0.6) is 0 Å². The fourth-order valence-electron chi connectivity index (χ4n) is 0.736. The van der Waals surface area contributed by atoms with E-state index in [1.807, 2.05) is 0 Å². The number of carboxylic acids is 3. The zero-order valence-corrected chi connectivity index (χ0v) is 16.9. The van der Waals surface area contributed by atoms with E-state index in [1.165, 1.54) is 18.2 Å². The summed E-state index contributed by atoms with van der Waals surface area (Å²) >= 11 is 0. The van der Waals surface area contributed by atoms with E-state index in [2.05, 4.69) is 0 Å². The minimum absolute atomic E-state index is 0. The van der Waals surface area contributed by atoms with Crippen LogP contribution < -0.4 is 15.3 Å². The molecule has 0 aliphatic rings. The normalized spacial score (nSPS) is 10.7. The van der Waals surface area contributed by atoms with Crippen LogP contribution in [-0.4, -0.2) is 37.7 Å². The van der Waals surface area contributed by atoms with Gasteiger partial charge in [0.25, 0.3) is 0 Å². The van der Waals surface area contributed by atoms with Crippen molar-refractivity contribution in [3.05, 3.63) is 72.9 Å². The molecule has 25 heavy (non-hydrogen) atoms. The Kier molecular flexibility index (Phi) is 32.1. The number of aliphatic carboxylic acids is 3. The molecule has 0 saturated carbocycles. The second kappa shape index (κ2) is 26.4. The van der Waals surface area contributed by atoms with Crippen LogP contribution in [0.3, 0.4) is 0 Å². The van der Waals surface area contributed by atoms with Crippen molar-refractivity contribution in [3.8, 4) is 0 Å². The zero-order chi connectivity index (χ0) is 19.2. The fraction of sp³-hybridized carbons (Fsp3) is 0.167. The van der Waals surface area contributed by atoms with Crippen LogP contribution in [0, 0.1) is 0 Å². The molecule has 0 fully saturated rings. The Hall–Kier alpha value is -2.51. The largest absolute Gasteiger partial charge is 3.00 e. The topological polar surface area (TPSA) is 120 Å². The summed E-state index contributed by atoms with van der Waals surface area (Å²) < 4.78 is 0. The Morgan fingerprint density at radius 1 is 0.520 bits per heavy atom. The quantitative estimate of drug-likeness (QED) is 0.326. The molecule has 7 heteroatoms. The molecule has 0 aromatic heterocycles. The smallest absolute Gasteiger partial charge is 0.545 e. The van der Waals surface area contributed by atoms with E-state index in [0.29, 0.717) is 0 Å². The first-order valence-electron chi connectivity index (χ1n) is 6.82. The molecular formula is C18H21GaO6. The molecule has 0 saturated heterocycles. The van der Waals surface area contributed by atoms with Crippen LogP contribution in [0.2, 0.25) is 0 Å². The number of allylic oxidation sites excluding steroid dienone is 9. The van der Waals surface area contributed by atoms with Gasteiger partial charge in [-0.05, 0) is 39.0 Å². The van der Waals surface area contributed by atoms with Crippen molar-refractivity contribution in [2.75, 3.05) is 0 Å². The van der Waals surface area contributed by atoms with Gasteiger partial charge in [-0.1, -0.05) is 54.7 Å². The third-order valence-electron chi connectivity index (χ3n) is 1.61. The predicted molar refractivity (Wildman–Crippen MR) is 92.6 cm³/mol. The van der Waals surface area contributed by atoms with Crippen LogP contribution in [-0.2, 0) is 14.4 Å². The van der Waals surface area contributed by atoms with Crippen LogP contribution in [0.1, 0.15) is 20.8 Å².